The number of nitrogen functional groups attached to an aromatic ring is 1. The molecule has 1 rings (SSSR count). The van der Waals surface area contributed by atoms with E-state index in [1.807, 2.05) is 20.8 Å². The molecular weight excluding hydrogens is 248 g/mol. The second-order valence-corrected chi connectivity index (χ2v) is 4.35. The first-order valence-corrected chi connectivity index (χ1v) is 6.00. The Kier molecular flexibility index (Phi) is 4.80. The molecule has 0 aliphatic carbocycles. The summed E-state index contributed by atoms with van der Waals surface area (Å²) in [6.07, 6.45) is 1.38. The third kappa shape index (κ3) is 3.40. The van der Waals surface area contributed by atoms with Crippen molar-refractivity contribution >= 4 is 17.9 Å². The summed E-state index contributed by atoms with van der Waals surface area (Å²) in [7, 11) is 0. The molecule has 0 saturated heterocycles. The smallest absolute Gasteiger partial charge is 0.325 e. The highest BCUT2D eigenvalue weighted by Gasteiger charge is 2.17. The van der Waals surface area contributed by atoms with Crippen molar-refractivity contribution < 1.29 is 9.90 Å². The molecule has 3 N–H and O–H groups in total. The number of hydrogen-bond acceptors (Lipinski definition) is 5. The lowest BCUT2D eigenvalue weighted by Gasteiger charge is -2.13. The van der Waals surface area contributed by atoms with Gasteiger partial charge < -0.3 is 10.8 Å². The molecule has 0 unspecified atom stereocenters. The number of nitrogens with two attached hydrogens (primary N) is 1. The van der Waals surface area contributed by atoms with Gasteiger partial charge >= 0.3 is 5.97 Å². The van der Waals surface area contributed by atoms with Crippen LogP contribution in [-0.4, -0.2) is 33.6 Å². The molecule has 19 heavy (non-hydrogen) atoms. The molecule has 0 radical (unpaired) electrons. The summed E-state index contributed by atoms with van der Waals surface area (Å²) in [5.74, 6) is -1.15. The van der Waals surface area contributed by atoms with Gasteiger partial charge in [-0.15, -0.1) is 0 Å². The lowest BCUT2D eigenvalue weighted by Crippen LogP contribution is -2.32. The minimum atomic E-state index is -1.13. The minimum absolute atomic E-state index is 0.0191. The summed E-state index contributed by atoms with van der Waals surface area (Å²) in [4.78, 5) is 26.8. The molecule has 7 nitrogen and oxygen atoms in total. The largest absolute Gasteiger partial charge is 0.480 e. The van der Waals surface area contributed by atoms with Crippen LogP contribution in [0, 0.1) is 0 Å². The third-order valence-corrected chi connectivity index (χ3v) is 2.49. The lowest BCUT2D eigenvalue weighted by molar-refractivity contribution is -0.138. The van der Waals surface area contributed by atoms with Gasteiger partial charge in [0.2, 0.25) is 0 Å². The number of aliphatic carboxylic acids is 1. The Bertz CT molecular complexity index is 561. The topological polar surface area (TPSA) is 111 Å². The van der Waals surface area contributed by atoms with Gasteiger partial charge in [0.05, 0.1) is 16.9 Å². The first kappa shape index (κ1) is 14.9. The lowest BCUT2D eigenvalue weighted by atomic mass is 10.1. The number of carbonyl (C=O) groups is 1. The van der Waals surface area contributed by atoms with Gasteiger partial charge in [-0.05, 0) is 12.8 Å². The second kappa shape index (κ2) is 6.12. The molecule has 0 aromatic carbocycles. The summed E-state index contributed by atoms with van der Waals surface area (Å²) < 4.78 is 0.908. The van der Waals surface area contributed by atoms with Crippen LogP contribution in [0.4, 0.5) is 5.69 Å². The number of rotatable bonds is 5. The molecule has 0 aliphatic rings. The molecule has 0 spiro atoms. The zero-order valence-electron chi connectivity index (χ0n) is 11.3. The molecule has 1 aromatic rings. The molecule has 0 bridgehead atoms. The van der Waals surface area contributed by atoms with Gasteiger partial charge in [0.25, 0.3) is 5.56 Å². The number of carboxylic acids is 1. The fraction of sp³-hybridized carbons (Fsp3) is 0.500. The second-order valence-electron chi connectivity index (χ2n) is 4.35. The fourth-order valence-electron chi connectivity index (χ4n) is 1.59. The summed E-state index contributed by atoms with van der Waals surface area (Å²) in [5, 5.41) is 12.8. The van der Waals surface area contributed by atoms with Gasteiger partial charge in [0.1, 0.15) is 6.54 Å². The van der Waals surface area contributed by atoms with E-state index in [1.54, 1.807) is 0 Å². The maximum atomic E-state index is 12.1. The predicted octanol–water partition coefficient (Wildman–Crippen LogP) is 0.472. The van der Waals surface area contributed by atoms with Crippen LogP contribution in [0.25, 0.3) is 0 Å². The maximum absolute atomic E-state index is 12.1. The Morgan fingerprint density at radius 1 is 1.58 bits per heavy atom. The Labute approximate surface area is 110 Å². The van der Waals surface area contributed by atoms with E-state index in [-0.39, 0.29) is 17.2 Å². The van der Waals surface area contributed by atoms with Crippen molar-refractivity contribution in [2.75, 3.05) is 12.3 Å². The average molecular weight is 266 g/mol. The highest BCUT2D eigenvalue weighted by atomic mass is 16.4. The number of hydrogen-bond donors (Lipinski definition) is 2. The van der Waals surface area contributed by atoms with Gasteiger partial charge in [0.15, 0.2) is 0 Å². The van der Waals surface area contributed by atoms with Gasteiger partial charge in [-0.2, -0.15) is 5.10 Å². The van der Waals surface area contributed by atoms with E-state index in [4.69, 9.17) is 10.8 Å². The molecule has 0 atom stereocenters. The number of aliphatic imine (C=N–C) groups is 1. The molecule has 1 aromatic heterocycles. The van der Waals surface area contributed by atoms with E-state index in [2.05, 4.69) is 10.1 Å². The normalized spacial score (nSPS) is 11.4. The van der Waals surface area contributed by atoms with Crippen molar-refractivity contribution in [3.05, 3.63) is 21.6 Å². The van der Waals surface area contributed by atoms with Crippen LogP contribution in [0.2, 0.25) is 0 Å². The van der Waals surface area contributed by atoms with Crippen LogP contribution in [0.15, 0.2) is 9.79 Å². The van der Waals surface area contributed by atoms with Crippen molar-refractivity contribution in [2.45, 2.75) is 33.2 Å². The van der Waals surface area contributed by atoms with E-state index in [9.17, 15) is 9.59 Å². The zero-order chi connectivity index (χ0) is 14.6. The van der Waals surface area contributed by atoms with Crippen LogP contribution in [-0.2, 0) is 11.3 Å². The van der Waals surface area contributed by atoms with E-state index in [1.165, 1.54) is 6.21 Å². The zero-order valence-corrected chi connectivity index (χ0v) is 11.3. The first-order chi connectivity index (χ1) is 8.88. The summed E-state index contributed by atoms with van der Waals surface area (Å²) in [5.41, 5.74) is 6.33. The molecule has 104 valence electrons. The molecular formula is C12H18N4O3. The molecule has 1 heterocycles. The third-order valence-electron chi connectivity index (χ3n) is 2.49. The van der Waals surface area contributed by atoms with Crippen LogP contribution in [0.5, 0.6) is 0 Å². The average Bonchev–Trinajstić information content (AvgIpc) is 2.31. The Morgan fingerprint density at radius 2 is 2.21 bits per heavy atom. The van der Waals surface area contributed by atoms with Crippen LogP contribution >= 0.6 is 0 Å². The Morgan fingerprint density at radius 3 is 2.68 bits per heavy atom. The highest BCUT2D eigenvalue weighted by Crippen LogP contribution is 2.19. The number of anilines is 1. The number of nitrogens with zero attached hydrogens (tertiary/aromatic N) is 3. The molecule has 7 heteroatoms. The number of carboxylic acid groups (broad SMARTS) is 1. The predicted molar refractivity (Wildman–Crippen MR) is 72.8 cm³/mol. The van der Waals surface area contributed by atoms with Gasteiger partial charge in [0, 0.05) is 12.8 Å². The maximum Gasteiger partial charge on any atom is 0.325 e. The first-order valence-electron chi connectivity index (χ1n) is 6.00. The van der Waals surface area contributed by atoms with Crippen LogP contribution < -0.4 is 11.3 Å². The van der Waals surface area contributed by atoms with Crippen molar-refractivity contribution in [3.8, 4) is 0 Å². The van der Waals surface area contributed by atoms with Crippen LogP contribution in [0.3, 0.4) is 0 Å². The summed E-state index contributed by atoms with van der Waals surface area (Å²) >= 11 is 0. The quantitative estimate of drug-likeness (QED) is 0.753. The Hall–Kier alpha value is -2.18. The van der Waals surface area contributed by atoms with Crippen molar-refractivity contribution in [1.29, 1.82) is 0 Å². The SMILES string of the molecule is CCN=Cc1c(N)c(C(C)C)nn(CC(=O)O)c1=O. The van der Waals surface area contributed by atoms with Crippen LogP contribution in [0.1, 0.15) is 37.9 Å². The molecule has 0 saturated carbocycles. The van der Waals surface area contributed by atoms with Crippen molar-refractivity contribution in [3.63, 3.8) is 0 Å². The monoisotopic (exact) mass is 266 g/mol. The molecule has 0 fully saturated rings. The van der Waals surface area contributed by atoms with E-state index in [0.29, 0.717) is 12.2 Å². The minimum Gasteiger partial charge on any atom is -0.480 e. The Balaban J connectivity index is 3.51. The standard InChI is InChI=1S/C12H18N4O3/c1-4-14-5-8-10(13)11(7(2)3)15-16(12(8)19)6-9(17)18/h5,7H,4,6,13H2,1-3H3,(H,17,18). The van der Waals surface area contributed by atoms with E-state index < -0.39 is 18.1 Å². The highest BCUT2D eigenvalue weighted by molar-refractivity contribution is 5.87. The summed E-state index contributed by atoms with van der Waals surface area (Å²) in [6, 6.07) is 0. The molecule has 0 amide bonds. The fourth-order valence-corrected chi connectivity index (χ4v) is 1.59. The van der Waals surface area contributed by atoms with Gasteiger partial charge in [-0.1, -0.05) is 13.8 Å². The molecule has 0 aliphatic heterocycles. The van der Waals surface area contributed by atoms with E-state index >= 15 is 0 Å². The number of aromatic nitrogens is 2. The van der Waals surface area contributed by atoms with E-state index in [0.717, 1.165) is 4.68 Å². The van der Waals surface area contributed by atoms with Gasteiger partial charge in [-0.25, -0.2) is 4.68 Å². The van der Waals surface area contributed by atoms with Crippen molar-refractivity contribution in [1.82, 2.24) is 9.78 Å². The van der Waals surface area contributed by atoms with Gasteiger partial charge in [-0.3, -0.25) is 14.6 Å². The summed E-state index contributed by atoms with van der Waals surface area (Å²) in [6.45, 7) is 5.58. The van der Waals surface area contributed by atoms with Crippen molar-refractivity contribution in [2.24, 2.45) is 4.99 Å².